The number of nitrogens with zero attached hydrogens (tertiary/aromatic N) is 3. The summed E-state index contributed by atoms with van der Waals surface area (Å²) in [5, 5.41) is 0. The predicted octanol–water partition coefficient (Wildman–Crippen LogP) is 25.5. The Morgan fingerprint density at radius 3 is 0.481 bits per heavy atom. The fourth-order valence-electron chi connectivity index (χ4n) is 11.1. The lowest BCUT2D eigenvalue weighted by atomic mass is 10.0. The Balaban J connectivity index is 2.21. The number of thioether (sulfide) groups is 3. The number of unbranched alkanes of at least 4 members (excludes halogenated alkanes) is 51. The van der Waals surface area contributed by atoms with Crippen molar-refractivity contribution < 1.29 is 14.2 Å². The molecule has 0 spiro atoms. The Kier molecular flexibility index (Phi) is 68.0. The van der Waals surface area contributed by atoms with Gasteiger partial charge in [-0.05, 0) is 73.0 Å². The molecule has 480 valence electrons. The number of hydrogen-bond acceptors (Lipinski definition) is 9. The number of ether oxygens (including phenoxy) is 3. The molecule has 0 aliphatic carbocycles. The van der Waals surface area contributed by atoms with E-state index in [1.165, 1.54) is 364 Å². The highest BCUT2D eigenvalue weighted by Gasteiger charge is 2.11. The van der Waals surface area contributed by atoms with Gasteiger partial charge in [-0.1, -0.05) is 348 Å². The van der Waals surface area contributed by atoms with E-state index in [2.05, 4.69) is 71.0 Å². The van der Waals surface area contributed by atoms with Gasteiger partial charge in [-0.3, -0.25) is 0 Å². The van der Waals surface area contributed by atoms with Crippen LogP contribution in [0, 0.1) is 0 Å². The van der Waals surface area contributed by atoms with Gasteiger partial charge in [0, 0.05) is 0 Å². The summed E-state index contributed by atoms with van der Waals surface area (Å²) in [6.45, 7) is 8.72. The molecule has 1 rings (SSSR count). The van der Waals surface area contributed by atoms with Gasteiger partial charge >= 0.3 is 18.0 Å². The van der Waals surface area contributed by atoms with E-state index < -0.39 is 0 Å². The third-order valence-corrected chi connectivity index (χ3v) is 20.0. The van der Waals surface area contributed by atoms with Crippen LogP contribution in [0.3, 0.4) is 0 Å². The van der Waals surface area contributed by atoms with Gasteiger partial charge in [-0.2, -0.15) is 35.3 Å². The third-order valence-electron chi connectivity index (χ3n) is 16.5. The largest absolute Gasteiger partial charge is 0.463 e. The highest BCUT2D eigenvalue weighted by molar-refractivity contribution is 7.99. The molecule has 81 heavy (non-hydrogen) atoms. The van der Waals surface area contributed by atoms with E-state index in [0.29, 0.717) is 37.9 Å². The summed E-state index contributed by atoms with van der Waals surface area (Å²) in [5.41, 5.74) is 0. The van der Waals surface area contributed by atoms with Crippen LogP contribution in [0.5, 0.6) is 18.0 Å². The monoisotopic (exact) mass is 1190 g/mol. The highest BCUT2D eigenvalue weighted by Crippen LogP contribution is 2.21. The molecule has 0 atom stereocenters. The SMILES string of the molecule is CCCCCCCCCCCCCCCCCCCCSCCCOc1nc(OCCCSCCCCCCCCCCCCCCCCCCCC)nc(OCCCSCCCCCCCCCCCCCCCCCCCC)n1. The van der Waals surface area contributed by atoms with E-state index in [1.807, 2.05) is 0 Å². The molecular formula is C72H141N3O3S3. The maximum absolute atomic E-state index is 6.10. The zero-order valence-electron chi connectivity index (χ0n) is 55.0. The Hall–Kier alpha value is -0.540. The van der Waals surface area contributed by atoms with Crippen LogP contribution in [0.15, 0.2) is 0 Å². The van der Waals surface area contributed by atoms with Gasteiger partial charge in [0.2, 0.25) is 0 Å². The van der Waals surface area contributed by atoms with Crippen LogP contribution < -0.4 is 14.2 Å². The predicted molar refractivity (Wildman–Crippen MR) is 368 cm³/mol. The maximum atomic E-state index is 6.10. The summed E-state index contributed by atoms with van der Waals surface area (Å²) in [4.78, 5) is 13.7. The van der Waals surface area contributed by atoms with Gasteiger partial charge in [0.15, 0.2) is 0 Å². The minimum Gasteiger partial charge on any atom is -0.463 e. The average molecular weight is 1190 g/mol. The van der Waals surface area contributed by atoms with Crippen molar-refractivity contribution in [2.24, 2.45) is 0 Å². The Bertz CT molecular complexity index is 1150. The van der Waals surface area contributed by atoms with Crippen molar-refractivity contribution in [1.29, 1.82) is 0 Å². The van der Waals surface area contributed by atoms with Crippen LogP contribution >= 0.6 is 35.3 Å². The first-order valence-electron chi connectivity index (χ1n) is 36.7. The highest BCUT2D eigenvalue weighted by atomic mass is 32.2. The van der Waals surface area contributed by atoms with Gasteiger partial charge in [0.1, 0.15) is 0 Å². The molecule has 0 unspecified atom stereocenters. The first kappa shape index (κ1) is 78.5. The standard InChI is InChI=1S/C72H141N3O3S3/c1-4-7-10-13-16-19-22-25-28-31-34-37-40-43-46-49-52-55-64-79-67-58-61-76-70-73-71(77-62-59-68-80-65-56-53-50-47-44-41-38-35-32-29-26-23-20-17-14-11-8-5-2)75-72(74-70)78-63-60-69-81-66-57-54-51-48-45-42-39-36-33-30-27-24-21-18-15-12-9-6-3/h4-69H2,1-3H3. The van der Waals surface area contributed by atoms with Crippen LogP contribution in [0.1, 0.15) is 387 Å². The molecule has 0 saturated carbocycles. The minimum atomic E-state index is 0.329. The summed E-state index contributed by atoms with van der Waals surface area (Å²) < 4.78 is 18.3. The molecule has 0 aromatic carbocycles. The fraction of sp³-hybridized carbons (Fsp3) is 0.958. The Labute approximate surface area is 520 Å². The molecule has 0 saturated heterocycles. The smallest absolute Gasteiger partial charge is 0.325 e. The van der Waals surface area contributed by atoms with E-state index >= 15 is 0 Å². The molecule has 9 heteroatoms. The van der Waals surface area contributed by atoms with Crippen molar-refractivity contribution >= 4 is 35.3 Å². The molecule has 0 amide bonds. The Morgan fingerprint density at radius 2 is 0.321 bits per heavy atom. The van der Waals surface area contributed by atoms with Gasteiger partial charge in [-0.15, -0.1) is 15.0 Å². The first-order valence-corrected chi connectivity index (χ1v) is 40.1. The van der Waals surface area contributed by atoms with Crippen molar-refractivity contribution in [3.63, 3.8) is 0 Å². The summed E-state index contributed by atoms with van der Waals surface area (Å²) >= 11 is 6.17. The van der Waals surface area contributed by atoms with Gasteiger partial charge in [-0.25, -0.2) is 0 Å². The summed E-state index contributed by atoms with van der Waals surface area (Å²) in [6, 6.07) is 0.987. The van der Waals surface area contributed by atoms with Crippen LogP contribution in [0.25, 0.3) is 0 Å². The van der Waals surface area contributed by atoms with Crippen molar-refractivity contribution in [2.75, 3.05) is 54.3 Å². The van der Waals surface area contributed by atoms with Gasteiger partial charge in [0.25, 0.3) is 0 Å². The van der Waals surface area contributed by atoms with Crippen molar-refractivity contribution in [3.05, 3.63) is 0 Å². The molecule has 0 bridgehead atoms. The fourth-order valence-corrected chi connectivity index (χ4v) is 13.9. The number of aromatic nitrogens is 3. The second-order valence-corrected chi connectivity index (χ2v) is 28.3. The van der Waals surface area contributed by atoms with Gasteiger partial charge in [0.05, 0.1) is 19.8 Å². The lowest BCUT2D eigenvalue weighted by molar-refractivity contribution is 0.236. The normalized spacial score (nSPS) is 11.6. The molecule has 0 radical (unpaired) electrons. The van der Waals surface area contributed by atoms with E-state index in [4.69, 9.17) is 14.2 Å². The summed E-state index contributed by atoms with van der Waals surface area (Å²) in [7, 11) is 0. The third kappa shape index (κ3) is 63.8. The lowest BCUT2D eigenvalue weighted by Gasteiger charge is -2.10. The Morgan fingerprint density at radius 1 is 0.185 bits per heavy atom. The molecule has 0 N–H and O–H groups in total. The topological polar surface area (TPSA) is 66.4 Å². The zero-order valence-corrected chi connectivity index (χ0v) is 57.4. The second-order valence-electron chi connectivity index (χ2n) is 24.7. The van der Waals surface area contributed by atoms with Crippen LogP contribution in [0.2, 0.25) is 0 Å². The quantitative estimate of drug-likeness (QED) is 0.0594. The molecular weight excluding hydrogens is 1050 g/mol. The van der Waals surface area contributed by atoms with Crippen LogP contribution in [0.4, 0.5) is 0 Å². The maximum Gasteiger partial charge on any atom is 0.325 e. The first-order chi connectivity index (χ1) is 40.3. The second kappa shape index (κ2) is 70.2. The van der Waals surface area contributed by atoms with Crippen molar-refractivity contribution in [2.45, 2.75) is 387 Å². The van der Waals surface area contributed by atoms with E-state index in [1.54, 1.807) is 0 Å². The number of rotatable bonds is 72. The molecule has 1 aromatic rings. The molecule has 6 nitrogen and oxygen atoms in total. The zero-order chi connectivity index (χ0) is 57.8. The molecule has 0 aliphatic rings. The molecule has 0 aliphatic heterocycles. The van der Waals surface area contributed by atoms with E-state index in [0.717, 1.165) is 36.5 Å². The summed E-state index contributed by atoms with van der Waals surface area (Å²) in [6.07, 6.45) is 80.1. The van der Waals surface area contributed by atoms with Crippen LogP contribution in [-0.4, -0.2) is 69.3 Å². The number of hydrogen-bond donors (Lipinski definition) is 0. The molecule has 1 heterocycles. The minimum absolute atomic E-state index is 0.329. The molecule has 0 fully saturated rings. The summed E-state index contributed by atoms with van der Waals surface area (Å²) in [5.74, 6) is 7.05. The van der Waals surface area contributed by atoms with Crippen molar-refractivity contribution in [3.8, 4) is 18.0 Å². The van der Waals surface area contributed by atoms with E-state index in [-0.39, 0.29) is 0 Å². The average Bonchev–Trinajstić information content (AvgIpc) is 3.48. The van der Waals surface area contributed by atoms with E-state index in [9.17, 15) is 0 Å². The van der Waals surface area contributed by atoms with Gasteiger partial charge < -0.3 is 14.2 Å². The molecule has 1 aromatic heterocycles. The van der Waals surface area contributed by atoms with Crippen LogP contribution in [-0.2, 0) is 0 Å². The van der Waals surface area contributed by atoms with Crippen molar-refractivity contribution in [1.82, 2.24) is 15.0 Å². The lowest BCUT2D eigenvalue weighted by Crippen LogP contribution is -2.10.